The minimum Gasteiger partial charge on any atom is -0.380 e. The Morgan fingerprint density at radius 1 is 1.03 bits per heavy atom. The van der Waals surface area contributed by atoms with Crippen molar-refractivity contribution in [1.29, 1.82) is 0 Å². The summed E-state index contributed by atoms with van der Waals surface area (Å²) < 4.78 is 0. The summed E-state index contributed by atoms with van der Waals surface area (Å²) in [6.45, 7) is 1.91. The van der Waals surface area contributed by atoms with Crippen molar-refractivity contribution in [2.45, 2.75) is 38.1 Å². The van der Waals surface area contributed by atoms with Crippen LogP contribution in [0.25, 0.3) is 0 Å². The molecular formula is C24H27N3O4S. The highest BCUT2D eigenvalue weighted by atomic mass is 32.1. The van der Waals surface area contributed by atoms with Crippen LogP contribution in [0, 0.1) is 0 Å². The van der Waals surface area contributed by atoms with Crippen molar-refractivity contribution in [3.8, 4) is 0 Å². The van der Waals surface area contributed by atoms with Crippen LogP contribution in [0.5, 0.6) is 0 Å². The zero-order valence-corrected chi connectivity index (χ0v) is 18.8. The van der Waals surface area contributed by atoms with E-state index in [9.17, 15) is 19.8 Å². The second-order valence-corrected chi connectivity index (χ2v) is 8.48. The largest absolute Gasteiger partial charge is 0.380 e. The fourth-order valence-corrected chi connectivity index (χ4v) is 3.95. The quantitative estimate of drug-likeness (QED) is 0.461. The highest BCUT2D eigenvalue weighted by Crippen LogP contribution is 2.19. The van der Waals surface area contributed by atoms with Gasteiger partial charge in [0.1, 0.15) is 5.01 Å². The molecule has 0 saturated heterocycles. The topological polar surface area (TPSA) is 103 Å². The number of aromatic nitrogens is 1. The van der Waals surface area contributed by atoms with Gasteiger partial charge in [-0.2, -0.15) is 0 Å². The van der Waals surface area contributed by atoms with E-state index in [4.69, 9.17) is 0 Å². The third kappa shape index (κ3) is 6.00. The van der Waals surface area contributed by atoms with Crippen LogP contribution in [0.15, 0.2) is 66.0 Å². The van der Waals surface area contributed by atoms with E-state index in [1.807, 2.05) is 73.0 Å². The number of nitrogens with one attached hydrogen (secondary N) is 1. The van der Waals surface area contributed by atoms with E-state index in [-0.39, 0.29) is 12.6 Å². The molecule has 0 saturated carbocycles. The molecule has 168 valence electrons. The maximum Gasteiger partial charge on any atom is 0.254 e. The fourth-order valence-electron chi connectivity index (χ4n) is 3.22. The molecule has 0 unspecified atom stereocenters. The Labute approximate surface area is 191 Å². The maximum absolute atomic E-state index is 12.6. The Morgan fingerprint density at radius 2 is 1.66 bits per heavy atom. The summed E-state index contributed by atoms with van der Waals surface area (Å²) in [7, 11) is 1.53. The summed E-state index contributed by atoms with van der Waals surface area (Å²) in [4.78, 5) is 30.7. The standard InChI is InChI=1S/C24H27N3O4S/c1-16(18-11-7-4-8-12-18)27(2)24(31)22(29)21(28)23(30)25-14-20-26-19(15-32-20)13-17-9-5-3-6-10-17/h3-12,15-16,21-22,28-29H,13-14H2,1-2H3,(H,25,30)/t16-,21-,22-/m1/s1. The first-order chi connectivity index (χ1) is 15.4. The molecule has 0 aliphatic rings. The second kappa shape index (κ2) is 11.0. The third-order valence-electron chi connectivity index (χ3n) is 5.27. The number of thiazole rings is 1. The SMILES string of the molecule is C[C@H](c1ccccc1)N(C)C(=O)[C@H](O)[C@@H](O)C(=O)NCc1nc(Cc2ccccc2)cs1. The van der Waals surface area contributed by atoms with Crippen LogP contribution in [-0.4, -0.2) is 51.2 Å². The van der Waals surface area contributed by atoms with E-state index in [0.717, 1.165) is 16.8 Å². The predicted molar refractivity (Wildman–Crippen MR) is 123 cm³/mol. The molecule has 2 amide bonds. The number of amides is 2. The molecule has 0 fully saturated rings. The number of nitrogens with zero attached hydrogens (tertiary/aromatic N) is 2. The molecule has 3 aromatic rings. The lowest BCUT2D eigenvalue weighted by Crippen LogP contribution is -2.50. The molecular weight excluding hydrogens is 426 g/mol. The molecule has 2 aromatic carbocycles. The van der Waals surface area contributed by atoms with Crippen molar-refractivity contribution in [1.82, 2.24) is 15.2 Å². The summed E-state index contributed by atoms with van der Waals surface area (Å²) >= 11 is 1.40. The first-order valence-corrected chi connectivity index (χ1v) is 11.2. The zero-order chi connectivity index (χ0) is 23.1. The van der Waals surface area contributed by atoms with Crippen LogP contribution >= 0.6 is 11.3 Å². The van der Waals surface area contributed by atoms with Gasteiger partial charge in [0.2, 0.25) is 0 Å². The highest BCUT2D eigenvalue weighted by molar-refractivity contribution is 7.09. The van der Waals surface area contributed by atoms with Crippen molar-refractivity contribution in [3.63, 3.8) is 0 Å². The monoisotopic (exact) mass is 453 g/mol. The minimum atomic E-state index is -1.88. The summed E-state index contributed by atoms with van der Waals surface area (Å²) in [5, 5.41) is 25.6. The number of benzene rings is 2. The van der Waals surface area contributed by atoms with Gasteiger partial charge in [0.05, 0.1) is 18.3 Å². The van der Waals surface area contributed by atoms with Crippen LogP contribution < -0.4 is 5.32 Å². The van der Waals surface area contributed by atoms with Gasteiger partial charge < -0.3 is 20.4 Å². The van der Waals surface area contributed by atoms with Gasteiger partial charge in [-0.1, -0.05) is 60.7 Å². The van der Waals surface area contributed by atoms with Gasteiger partial charge in [0, 0.05) is 18.8 Å². The average molecular weight is 454 g/mol. The van der Waals surface area contributed by atoms with Crippen LogP contribution in [0.2, 0.25) is 0 Å². The predicted octanol–water partition coefficient (Wildman–Crippen LogP) is 2.29. The molecule has 0 aliphatic heterocycles. The summed E-state index contributed by atoms with van der Waals surface area (Å²) in [6.07, 6.45) is -3.06. The van der Waals surface area contributed by atoms with Gasteiger partial charge in [-0.05, 0) is 18.1 Å². The van der Waals surface area contributed by atoms with E-state index in [2.05, 4.69) is 10.3 Å². The fraction of sp³-hybridized carbons (Fsp3) is 0.292. The molecule has 32 heavy (non-hydrogen) atoms. The Balaban J connectivity index is 1.52. The molecule has 3 N–H and O–H groups in total. The van der Waals surface area contributed by atoms with Crippen LogP contribution in [0.4, 0.5) is 0 Å². The lowest BCUT2D eigenvalue weighted by atomic mass is 10.1. The van der Waals surface area contributed by atoms with Crippen LogP contribution in [-0.2, 0) is 22.6 Å². The van der Waals surface area contributed by atoms with E-state index < -0.39 is 24.0 Å². The Hall–Kier alpha value is -3.07. The number of aliphatic hydroxyl groups is 2. The number of hydrogen-bond donors (Lipinski definition) is 3. The van der Waals surface area contributed by atoms with Crippen molar-refractivity contribution in [3.05, 3.63) is 87.9 Å². The van der Waals surface area contributed by atoms with Gasteiger partial charge in [-0.15, -0.1) is 11.3 Å². The molecule has 1 heterocycles. The minimum absolute atomic E-state index is 0.104. The normalized spacial score (nSPS) is 13.8. The molecule has 7 nitrogen and oxygen atoms in total. The lowest BCUT2D eigenvalue weighted by Gasteiger charge is -2.28. The van der Waals surface area contributed by atoms with Crippen LogP contribution in [0.3, 0.4) is 0 Å². The number of rotatable bonds is 9. The molecule has 1 aromatic heterocycles. The first kappa shape index (κ1) is 23.6. The third-order valence-corrected chi connectivity index (χ3v) is 6.17. The summed E-state index contributed by atoms with van der Waals surface area (Å²) in [6, 6.07) is 18.9. The van der Waals surface area contributed by atoms with Crippen molar-refractivity contribution in [2.24, 2.45) is 0 Å². The molecule has 0 bridgehead atoms. The number of aliphatic hydroxyl groups excluding tert-OH is 2. The van der Waals surface area contributed by atoms with Crippen LogP contribution in [0.1, 0.15) is 34.8 Å². The Bertz CT molecular complexity index is 1030. The van der Waals surface area contributed by atoms with Gasteiger partial charge in [-0.25, -0.2) is 4.98 Å². The van der Waals surface area contributed by atoms with E-state index in [0.29, 0.717) is 11.4 Å². The molecule has 3 rings (SSSR count). The molecule has 0 aliphatic carbocycles. The number of likely N-dealkylation sites (N-methyl/N-ethyl adjacent to an activating group) is 1. The van der Waals surface area contributed by atoms with Gasteiger partial charge in [-0.3, -0.25) is 9.59 Å². The van der Waals surface area contributed by atoms with Gasteiger partial charge in [0.15, 0.2) is 12.2 Å². The number of hydrogen-bond acceptors (Lipinski definition) is 6. The van der Waals surface area contributed by atoms with Gasteiger partial charge in [0.25, 0.3) is 11.8 Å². The second-order valence-electron chi connectivity index (χ2n) is 7.54. The Morgan fingerprint density at radius 3 is 2.31 bits per heavy atom. The highest BCUT2D eigenvalue weighted by Gasteiger charge is 2.33. The first-order valence-electron chi connectivity index (χ1n) is 10.3. The van der Waals surface area contributed by atoms with E-state index >= 15 is 0 Å². The van der Waals surface area contributed by atoms with E-state index in [1.165, 1.54) is 23.3 Å². The maximum atomic E-state index is 12.6. The van der Waals surface area contributed by atoms with Crippen molar-refractivity contribution < 1.29 is 19.8 Å². The summed E-state index contributed by atoms with van der Waals surface area (Å²) in [5.74, 6) is -1.56. The zero-order valence-electron chi connectivity index (χ0n) is 18.0. The Kier molecular flexibility index (Phi) is 8.10. The number of carbonyl (C=O) groups excluding carboxylic acids is 2. The van der Waals surface area contributed by atoms with E-state index in [1.54, 1.807) is 0 Å². The summed E-state index contributed by atoms with van der Waals surface area (Å²) in [5.41, 5.74) is 2.90. The molecule has 0 radical (unpaired) electrons. The number of carbonyl (C=O) groups is 2. The smallest absolute Gasteiger partial charge is 0.254 e. The molecule has 0 spiro atoms. The molecule has 3 atom stereocenters. The average Bonchev–Trinajstić information content (AvgIpc) is 3.28. The van der Waals surface area contributed by atoms with Crippen molar-refractivity contribution >= 4 is 23.2 Å². The lowest BCUT2D eigenvalue weighted by molar-refractivity contribution is -0.153. The van der Waals surface area contributed by atoms with Gasteiger partial charge >= 0.3 is 0 Å². The molecule has 8 heteroatoms. The van der Waals surface area contributed by atoms with Crippen molar-refractivity contribution in [2.75, 3.05) is 7.05 Å².